The Kier molecular flexibility index (Phi) is 6.51. The van der Waals surface area contributed by atoms with Gasteiger partial charge in [-0.2, -0.15) is 0 Å². The van der Waals surface area contributed by atoms with Gasteiger partial charge in [0.1, 0.15) is 25.0 Å². The van der Waals surface area contributed by atoms with Crippen molar-refractivity contribution in [1.82, 2.24) is 0 Å². The topological polar surface area (TPSA) is 43.1 Å². The summed E-state index contributed by atoms with van der Waals surface area (Å²) >= 11 is 0. The highest BCUT2D eigenvalue weighted by atomic mass is 16.5. The van der Waals surface area contributed by atoms with Crippen molar-refractivity contribution in [2.45, 2.75) is 57.3 Å². The van der Waals surface area contributed by atoms with Crippen LogP contribution in [-0.4, -0.2) is 43.6 Å². The van der Waals surface area contributed by atoms with Crippen LogP contribution in [0.25, 0.3) is 0 Å². The molecule has 0 spiro atoms. The summed E-state index contributed by atoms with van der Waals surface area (Å²) in [6.07, 6.45) is 5.65. The zero-order valence-electron chi connectivity index (χ0n) is 15.4. The van der Waals surface area contributed by atoms with Crippen LogP contribution in [0.15, 0.2) is 36.4 Å². The Morgan fingerprint density at radius 2 is 1.92 bits per heavy atom. The van der Waals surface area contributed by atoms with Crippen LogP contribution in [0.3, 0.4) is 0 Å². The van der Waals surface area contributed by atoms with Crippen molar-refractivity contribution in [2.24, 2.45) is 0 Å². The molecule has 2 N–H and O–H groups in total. The van der Waals surface area contributed by atoms with Crippen LogP contribution in [0.5, 0.6) is 5.75 Å². The first-order chi connectivity index (χ1) is 12.1. The van der Waals surface area contributed by atoms with Gasteiger partial charge in [-0.1, -0.05) is 24.3 Å². The van der Waals surface area contributed by atoms with Gasteiger partial charge in [0.2, 0.25) is 0 Å². The molecule has 1 aromatic carbocycles. The van der Waals surface area contributed by atoms with E-state index in [1.807, 2.05) is 12.1 Å². The van der Waals surface area contributed by atoms with Crippen molar-refractivity contribution in [1.29, 1.82) is 0 Å². The van der Waals surface area contributed by atoms with Crippen molar-refractivity contribution in [3.05, 3.63) is 42.0 Å². The molecule has 2 aliphatic heterocycles. The largest absolute Gasteiger partial charge is 0.491 e. The summed E-state index contributed by atoms with van der Waals surface area (Å²) in [7, 11) is 0. The first kappa shape index (κ1) is 18.4. The summed E-state index contributed by atoms with van der Waals surface area (Å²) in [5.41, 5.74) is 2.42. The molecule has 2 heterocycles. The van der Waals surface area contributed by atoms with E-state index >= 15 is 0 Å². The minimum Gasteiger partial charge on any atom is -0.491 e. The summed E-state index contributed by atoms with van der Waals surface area (Å²) in [5.74, 6) is 0.805. The van der Waals surface area contributed by atoms with E-state index in [0.29, 0.717) is 6.61 Å². The van der Waals surface area contributed by atoms with Gasteiger partial charge in [-0.05, 0) is 56.7 Å². The number of likely N-dealkylation sites (tertiary alicyclic amines) is 1. The van der Waals surface area contributed by atoms with Crippen molar-refractivity contribution in [3.8, 4) is 5.75 Å². The third-order valence-corrected chi connectivity index (χ3v) is 5.23. The molecule has 3 atom stereocenters. The number of hydrogen-bond donors (Lipinski definition) is 2. The van der Waals surface area contributed by atoms with E-state index in [1.54, 1.807) is 0 Å². The number of ether oxygens (including phenoxy) is 2. The predicted octanol–water partition coefficient (Wildman–Crippen LogP) is 2.29. The second-order valence-electron chi connectivity index (χ2n) is 7.64. The van der Waals surface area contributed by atoms with Crippen molar-refractivity contribution in [2.75, 3.05) is 26.2 Å². The lowest BCUT2D eigenvalue weighted by molar-refractivity contribution is -0.908. The normalized spacial score (nSPS) is 26.4. The number of piperidine rings is 1. The van der Waals surface area contributed by atoms with E-state index in [4.69, 9.17) is 9.47 Å². The fourth-order valence-electron chi connectivity index (χ4n) is 3.94. The summed E-state index contributed by atoms with van der Waals surface area (Å²) in [4.78, 5) is 1.50. The van der Waals surface area contributed by atoms with Gasteiger partial charge in [-0.25, -0.2) is 0 Å². The fraction of sp³-hybridized carbons (Fsp3) is 0.619. The monoisotopic (exact) mass is 346 g/mol. The minimum atomic E-state index is -0.404. The first-order valence-corrected chi connectivity index (χ1v) is 9.66. The summed E-state index contributed by atoms with van der Waals surface area (Å²) in [6, 6.07) is 8.07. The van der Waals surface area contributed by atoms with Crippen LogP contribution in [0.2, 0.25) is 0 Å². The molecule has 2 aliphatic rings. The molecule has 3 rings (SSSR count). The van der Waals surface area contributed by atoms with E-state index in [0.717, 1.165) is 25.1 Å². The molecule has 4 nitrogen and oxygen atoms in total. The first-order valence-electron chi connectivity index (χ1n) is 9.66. The predicted molar refractivity (Wildman–Crippen MR) is 99.0 cm³/mol. The van der Waals surface area contributed by atoms with Gasteiger partial charge in [0.05, 0.1) is 25.3 Å². The number of quaternary nitrogens is 1. The molecule has 138 valence electrons. The number of aliphatic hydroxyl groups is 1. The summed E-state index contributed by atoms with van der Waals surface area (Å²) in [6.45, 7) is 9.72. The maximum absolute atomic E-state index is 10.2. The quantitative estimate of drug-likeness (QED) is 0.777. The fourth-order valence-corrected chi connectivity index (χ4v) is 3.94. The molecular weight excluding hydrogens is 314 g/mol. The lowest BCUT2D eigenvalue weighted by atomic mass is 9.95. The average Bonchev–Trinajstić information content (AvgIpc) is 2.60. The van der Waals surface area contributed by atoms with E-state index in [9.17, 15) is 5.11 Å². The zero-order valence-corrected chi connectivity index (χ0v) is 15.4. The van der Waals surface area contributed by atoms with E-state index in [-0.39, 0.29) is 12.2 Å². The van der Waals surface area contributed by atoms with Crippen LogP contribution in [0.1, 0.15) is 50.7 Å². The third kappa shape index (κ3) is 5.56. The molecule has 25 heavy (non-hydrogen) atoms. The Morgan fingerprint density at radius 3 is 2.60 bits per heavy atom. The summed E-state index contributed by atoms with van der Waals surface area (Å²) < 4.78 is 11.8. The van der Waals surface area contributed by atoms with Gasteiger partial charge in [0.15, 0.2) is 0 Å². The van der Waals surface area contributed by atoms with Crippen LogP contribution >= 0.6 is 0 Å². The van der Waals surface area contributed by atoms with Gasteiger partial charge in [-0.3, -0.25) is 0 Å². The van der Waals surface area contributed by atoms with Gasteiger partial charge >= 0.3 is 0 Å². The highest BCUT2D eigenvalue weighted by Gasteiger charge is 2.23. The van der Waals surface area contributed by atoms with Crippen molar-refractivity contribution >= 4 is 0 Å². The number of aliphatic hydroxyl groups excluding tert-OH is 1. The molecule has 2 saturated heterocycles. The Bertz CT molecular complexity index is 551. The number of rotatable bonds is 6. The molecular formula is C21H32NO3+. The Hall–Kier alpha value is -1.36. The molecule has 0 aromatic heterocycles. The van der Waals surface area contributed by atoms with Crippen LogP contribution < -0.4 is 9.64 Å². The molecule has 0 aliphatic carbocycles. The second kappa shape index (κ2) is 8.84. The third-order valence-electron chi connectivity index (χ3n) is 5.23. The highest BCUT2D eigenvalue weighted by molar-refractivity contribution is 5.29. The minimum absolute atomic E-state index is 0.0959. The zero-order chi connectivity index (χ0) is 17.6. The molecule has 0 radical (unpaired) electrons. The Balaban J connectivity index is 1.46. The SMILES string of the molecule is C=C1C[C@@H](C)O[C@H](c2ccc(OC[C@H](O)C[NH+]3CCCCC3)cc2)C1. The van der Waals surface area contributed by atoms with Gasteiger partial charge in [-0.15, -0.1) is 0 Å². The van der Waals surface area contributed by atoms with E-state index in [2.05, 4.69) is 25.6 Å². The standard InChI is InChI=1S/C21H31NO3/c1-16-12-17(2)25-21(13-16)18-6-8-20(9-7-18)24-15-19(23)14-22-10-4-3-5-11-22/h6-9,17,19,21,23H,1,3-5,10-15H2,2H3/p+1/t17-,19-,21+/m1/s1. The molecule has 0 amide bonds. The maximum Gasteiger partial charge on any atom is 0.137 e. The van der Waals surface area contributed by atoms with Crippen molar-refractivity contribution < 1.29 is 19.5 Å². The number of benzene rings is 1. The molecule has 0 unspecified atom stereocenters. The van der Waals surface area contributed by atoms with Crippen molar-refractivity contribution in [3.63, 3.8) is 0 Å². The van der Waals surface area contributed by atoms with Crippen LogP contribution in [0, 0.1) is 0 Å². The highest BCUT2D eigenvalue weighted by Crippen LogP contribution is 2.34. The van der Waals surface area contributed by atoms with Gasteiger partial charge in [0.25, 0.3) is 0 Å². The van der Waals surface area contributed by atoms with E-state index in [1.165, 1.54) is 48.4 Å². The molecule has 1 aromatic rings. The van der Waals surface area contributed by atoms with Gasteiger partial charge in [0, 0.05) is 0 Å². The Morgan fingerprint density at radius 1 is 1.20 bits per heavy atom. The van der Waals surface area contributed by atoms with E-state index < -0.39 is 6.10 Å². The molecule has 2 fully saturated rings. The second-order valence-corrected chi connectivity index (χ2v) is 7.64. The summed E-state index contributed by atoms with van der Waals surface area (Å²) in [5, 5.41) is 10.2. The number of hydrogen-bond acceptors (Lipinski definition) is 3. The maximum atomic E-state index is 10.2. The van der Waals surface area contributed by atoms with Crippen LogP contribution in [-0.2, 0) is 4.74 Å². The Labute approximate surface area is 151 Å². The van der Waals surface area contributed by atoms with Crippen LogP contribution in [0.4, 0.5) is 0 Å². The average molecular weight is 346 g/mol. The van der Waals surface area contributed by atoms with Gasteiger partial charge < -0.3 is 19.5 Å². The lowest BCUT2D eigenvalue weighted by Gasteiger charge is -2.29. The lowest BCUT2D eigenvalue weighted by Crippen LogP contribution is -3.14. The molecule has 0 bridgehead atoms. The molecule has 0 saturated carbocycles. The number of nitrogens with one attached hydrogen (secondary N) is 1. The smallest absolute Gasteiger partial charge is 0.137 e. The molecule has 4 heteroatoms.